The Morgan fingerprint density at radius 2 is 1.71 bits per heavy atom. The molecule has 0 aliphatic rings. The minimum absolute atomic E-state index is 0.228. The van der Waals surface area contributed by atoms with Gasteiger partial charge in [0, 0.05) is 17.5 Å². The molecule has 0 aliphatic heterocycles. The van der Waals surface area contributed by atoms with Crippen LogP contribution in [-0.2, 0) is 6.54 Å². The predicted molar refractivity (Wildman–Crippen MR) is 107 cm³/mol. The number of fused-ring (bicyclic) bond motifs is 2. The maximum absolute atomic E-state index is 12.4. The average Bonchev–Trinajstić information content (AvgIpc) is 3.05. The number of carbonyl (C=O) groups is 2. The largest absolute Gasteiger partial charge is 0.329 e. The number of amides is 2. The number of rotatable bonds is 3. The fraction of sp³-hybridized carbons (Fsp3) is 0.143. The van der Waals surface area contributed by atoms with E-state index in [4.69, 9.17) is 0 Å². The third-order valence-corrected chi connectivity index (χ3v) is 4.64. The first kappa shape index (κ1) is 17.7. The summed E-state index contributed by atoms with van der Waals surface area (Å²) in [7, 11) is 0. The SMILES string of the molecule is CCn1c(C)nc2cc(C(=O)NNC(=O)c3ccc4ccccc4n3)ccc21. The topological polar surface area (TPSA) is 88.9 Å². The van der Waals surface area contributed by atoms with Crippen LogP contribution in [0.3, 0.4) is 0 Å². The number of hydrogen-bond donors (Lipinski definition) is 2. The molecule has 0 bridgehead atoms. The molecule has 2 aromatic heterocycles. The molecule has 0 saturated carbocycles. The lowest BCUT2D eigenvalue weighted by molar-refractivity contribution is 0.0844. The van der Waals surface area contributed by atoms with Crippen molar-refractivity contribution >= 4 is 33.8 Å². The number of nitrogens with zero attached hydrogens (tertiary/aromatic N) is 3. The number of benzene rings is 2. The molecule has 7 heteroatoms. The van der Waals surface area contributed by atoms with E-state index in [-0.39, 0.29) is 5.69 Å². The van der Waals surface area contributed by atoms with Gasteiger partial charge in [-0.15, -0.1) is 0 Å². The lowest BCUT2D eigenvalue weighted by atomic mass is 10.2. The summed E-state index contributed by atoms with van der Waals surface area (Å²) in [4.78, 5) is 33.5. The number of aromatic nitrogens is 3. The zero-order valence-electron chi connectivity index (χ0n) is 15.6. The van der Waals surface area contributed by atoms with E-state index in [1.165, 1.54) is 0 Å². The Labute approximate surface area is 161 Å². The van der Waals surface area contributed by atoms with Gasteiger partial charge in [-0.25, -0.2) is 9.97 Å². The van der Waals surface area contributed by atoms with Crippen LogP contribution in [0.2, 0.25) is 0 Å². The number of pyridine rings is 1. The van der Waals surface area contributed by atoms with Crippen LogP contribution < -0.4 is 10.9 Å². The van der Waals surface area contributed by atoms with Crippen LogP contribution in [0.1, 0.15) is 33.6 Å². The standard InChI is InChI=1S/C21H19N5O2/c1-3-26-13(2)22-18-12-15(9-11-19(18)26)20(27)24-25-21(28)17-10-8-14-6-4-5-7-16(14)23-17/h4-12H,3H2,1-2H3,(H,24,27)(H,25,28). The Hall–Kier alpha value is -3.74. The summed E-state index contributed by atoms with van der Waals surface area (Å²) in [6, 6.07) is 16.2. The second kappa shape index (κ2) is 7.11. The highest BCUT2D eigenvalue weighted by Gasteiger charge is 2.13. The van der Waals surface area contributed by atoms with E-state index in [0.29, 0.717) is 11.1 Å². The lowest BCUT2D eigenvalue weighted by Crippen LogP contribution is -2.41. The average molecular weight is 373 g/mol. The molecule has 0 saturated heterocycles. The van der Waals surface area contributed by atoms with E-state index >= 15 is 0 Å². The fourth-order valence-electron chi connectivity index (χ4n) is 3.23. The highest BCUT2D eigenvalue weighted by atomic mass is 16.2. The molecule has 4 aromatic rings. The maximum atomic E-state index is 12.4. The molecule has 7 nitrogen and oxygen atoms in total. The normalized spacial score (nSPS) is 10.9. The second-order valence-electron chi connectivity index (χ2n) is 6.40. The van der Waals surface area contributed by atoms with Crippen LogP contribution >= 0.6 is 0 Å². The maximum Gasteiger partial charge on any atom is 0.288 e. The van der Waals surface area contributed by atoms with E-state index in [2.05, 4.69) is 25.4 Å². The summed E-state index contributed by atoms with van der Waals surface area (Å²) in [6.07, 6.45) is 0. The summed E-state index contributed by atoms with van der Waals surface area (Å²) in [5.74, 6) is -0.00299. The van der Waals surface area contributed by atoms with Crippen LogP contribution in [0.25, 0.3) is 21.9 Å². The fourth-order valence-corrected chi connectivity index (χ4v) is 3.23. The first-order valence-electron chi connectivity index (χ1n) is 9.00. The Morgan fingerprint density at radius 3 is 2.54 bits per heavy atom. The van der Waals surface area contributed by atoms with Crippen molar-refractivity contribution in [2.24, 2.45) is 0 Å². The predicted octanol–water partition coefficient (Wildman–Crippen LogP) is 2.99. The molecule has 0 radical (unpaired) electrons. The van der Waals surface area contributed by atoms with Crippen LogP contribution in [0.5, 0.6) is 0 Å². The molecule has 28 heavy (non-hydrogen) atoms. The molecule has 2 N–H and O–H groups in total. The van der Waals surface area contributed by atoms with Gasteiger partial charge in [0.05, 0.1) is 16.6 Å². The summed E-state index contributed by atoms with van der Waals surface area (Å²) >= 11 is 0. The van der Waals surface area contributed by atoms with Gasteiger partial charge in [0.2, 0.25) is 0 Å². The summed E-state index contributed by atoms with van der Waals surface area (Å²) in [5.41, 5.74) is 7.92. The number of hydrogen-bond acceptors (Lipinski definition) is 4. The molecule has 0 unspecified atom stereocenters. The lowest BCUT2D eigenvalue weighted by Gasteiger charge is -2.08. The quantitative estimate of drug-likeness (QED) is 0.540. The van der Waals surface area contributed by atoms with Gasteiger partial charge in [-0.1, -0.05) is 24.3 Å². The van der Waals surface area contributed by atoms with Gasteiger partial charge in [-0.2, -0.15) is 0 Å². The Bertz CT molecular complexity index is 1210. The third-order valence-electron chi connectivity index (χ3n) is 4.64. The zero-order valence-corrected chi connectivity index (χ0v) is 15.6. The van der Waals surface area contributed by atoms with Gasteiger partial charge in [-0.05, 0) is 44.2 Å². The molecule has 0 aliphatic carbocycles. The van der Waals surface area contributed by atoms with Gasteiger partial charge in [0.15, 0.2) is 0 Å². The molecule has 2 aromatic carbocycles. The third kappa shape index (κ3) is 3.18. The number of para-hydroxylation sites is 1. The van der Waals surface area contributed by atoms with Crippen molar-refractivity contribution in [2.45, 2.75) is 20.4 Å². The van der Waals surface area contributed by atoms with Crippen molar-refractivity contribution in [1.82, 2.24) is 25.4 Å². The zero-order chi connectivity index (χ0) is 19.7. The van der Waals surface area contributed by atoms with E-state index < -0.39 is 11.8 Å². The number of carbonyl (C=O) groups excluding carboxylic acids is 2. The van der Waals surface area contributed by atoms with E-state index in [9.17, 15) is 9.59 Å². The van der Waals surface area contributed by atoms with E-state index in [0.717, 1.165) is 28.8 Å². The van der Waals surface area contributed by atoms with Crippen LogP contribution in [0, 0.1) is 6.92 Å². The van der Waals surface area contributed by atoms with E-state index in [1.807, 2.05) is 50.2 Å². The van der Waals surface area contributed by atoms with Crippen molar-refractivity contribution in [1.29, 1.82) is 0 Å². The van der Waals surface area contributed by atoms with Crippen LogP contribution in [0.15, 0.2) is 54.6 Å². The van der Waals surface area contributed by atoms with Crippen LogP contribution in [-0.4, -0.2) is 26.3 Å². The smallest absolute Gasteiger partial charge is 0.288 e. The highest BCUT2D eigenvalue weighted by molar-refractivity contribution is 6.00. The van der Waals surface area contributed by atoms with Crippen molar-refractivity contribution in [2.75, 3.05) is 0 Å². The van der Waals surface area contributed by atoms with Gasteiger partial charge in [0.25, 0.3) is 11.8 Å². The van der Waals surface area contributed by atoms with Gasteiger partial charge < -0.3 is 4.57 Å². The minimum Gasteiger partial charge on any atom is -0.329 e. The van der Waals surface area contributed by atoms with Crippen molar-refractivity contribution in [3.63, 3.8) is 0 Å². The second-order valence-corrected chi connectivity index (χ2v) is 6.40. The monoisotopic (exact) mass is 373 g/mol. The molecule has 2 amide bonds. The van der Waals surface area contributed by atoms with Crippen molar-refractivity contribution < 1.29 is 9.59 Å². The Kier molecular flexibility index (Phi) is 4.49. The van der Waals surface area contributed by atoms with Gasteiger partial charge in [0.1, 0.15) is 11.5 Å². The van der Waals surface area contributed by atoms with Gasteiger partial charge in [-0.3, -0.25) is 20.4 Å². The first-order valence-corrected chi connectivity index (χ1v) is 9.00. The van der Waals surface area contributed by atoms with Crippen molar-refractivity contribution in [3.05, 3.63) is 71.7 Å². The summed E-state index contributed by atoms with van der Waals surface area (Å²) < 4.78 is 2.07. The number of nitrogens with one attached hydrogen (secondary N) is 2. The molecule has 140 valence electrons. The molecule has 0 atom stereocenters. The number of aryl methyl sites for hydroxylation is 2. The summed E-state index contributed by atoms with van der Waals surface area (Å²) in [6.45, 7) is 4.79. The Balaban J connectivity index is 1.48. The molecule has 2 heterocycles. The highest BCUT2D eigenvalue weighted by Crippen LogP contribution is 2.17. The molecule has 4 rings (SSSR count). The van der Waals surface area contributed by atoms with E-state index in [1.54, 1.807) is 18.2 Å². The molecular formula is C21H19N5O2. The van der Waals surface area contributed by atoms with Crippen molar-refractivity contribution in [3.8, 4) is 0 Å². The molecule has 0 spiro atoms. The number of hydrazine groups is 1. The first-order chi connectivity index (χ1) is 13.6. The number of imidazole rings is 1. The van der Waals surface area contributed by atoms with Gasteiger partial charge >= 0.3 is 0 Å². The molecule has 0 fully saturated rings. The summed E-state index contributed by atoms with van der Waals surface area (Å²) in [5, 5.41) is 0.943. The molecular weight excluding hydrogens is 354 g/mol. The minimum atomic E-state index is -0.480. The Morgan fingerprint density at radius 1 is 0.929 bits per heavy atom. The van der Waals surface area contributed by atoms with Crippen LogP contribution in [0.4, 0.5) is 0 Å².